The highest BCUT2D eigenvalue weighted by molar-refractivity contribution is 7.90. The number of hydrogen-bond donors (Lipinski definition) is 0. The van der Waals surface area contributed by atoms with E-state index >= 15 is 0 Å². The zero-order valence-corrected chi connectivity index (χ0v) is 9.94. The molecule has 17 heavy (non-hydrogen) atoms. The van der Waals surface area contributed by atoms with Crippen LogP contribution in [-0.2, 0) is 10.0 Å². The standard InChI is InChI=1S/C7H5ClN4O4S/c1-4-6(8)2-5(3-7(4)12(13)14)17(15,16)11-10-9/h2-3H,1H3. The summed E-state index contributed by atoms with van der Waals surface area (Å²) in [5, 5.41) is 10.6. The van der Waals surface area contributed by atoms with E-state index in [1.54, 1.807) is 0 Å². The minimum absolute atomic E-state index is 0.0917. The maximum atomic E-state index is 11.4. The fourth-order valence-electron chi connectivity index (χ4n) is 1.07. The van der Waals surface area contributed by atoms with Crippen molar-refractivity contribution in [2.45, 2.75) is 11.8 Å². The lowest BCUT2D eigenvalue weighted by Gasteiger charge is -2.03. The van der Waals surface area contributed by atoms with E-state index < -0.39 is 25.5 Å². The normalized spacial score (nSPS) is 10.7. The first-order valence-electron chi connectivity index (χ1n) is 4.05. The number of nitrogens with zero attached hydrogens (tertiary/aromatic N) is 4. The molecule has 0 heterocycles. The summed E-state index contributed by atoms with van der Waals surface area (Å²) in [5.41, 5.74) is 7.76. The van der Waals surface area contributed by atoms with E-state index in [9.17, 15) is 18.5 Å². The van der Waals surface area contributed by atoms with Gasteiger partial charge in [-0.1, -0.05) is 11.6 Å². The summed E-state index contributed by atoms with van der Waals surface area (Å²) in [6.07, 6.45) is 0. The van der Waals surface area contributed by atoms with E-state index in [-0.39, 0.29) is 10.6 Å². The molecular weight excluding hydrogens is 272 g/mol. The predicted molar refractivity (Wildman–Crippen MR) is 59.2 cm³/mol. The Morgan fingerprint density at radius 2 is 2.12 bits per heavy atom. The topological polar surface area (TPSA) is 126 Å². The third-order valence-corrected chi connectivity index (χ3v) is 3.44. The second-order valence-corrected chi connectivity index (χ2v) is 4.94. The Kier molecular flexibility index (Phi) is 3.56. The number of sulfonamides is 1. The fraction of sp³-hybridized carbons (Fsp3) is 0.143. The van der Waals surface area contributed by atoms with E-state index in [1.165, 1.54) is 6.92 Å². The molecule has 0 amide bonds. The van der Waals surface area contributed by atoms with Crippen LogP contribution in [0.3, 0.4) is 0 Å². The van der Waals surface area contributed by atoms with Crippen LogP contribution in [0.15, 0.2) is 21.5 Å². The quantitative estimate of drug-likeness (QED) is 0.276. The Morgan fingerprint density at radius 1 is 1.53 bits per heavy atom. The molecule has 0 aliphatic heterocycles. The van der Waals surface area contributed by atoms with Crippen LogP contribution in [0.1, 0.15) is 5.56 Å². The first-order chi connectivity index (χ1) is 7.79. The highest BCUT2D eigenvalue weighted by Crippen LogP contribution is 2.30. The minimum Gasteiger partial charge on any atom is -0.258 e. The Morgan fingerprint density at radius 3 is 2.59 bits per heavy atom. The van der Waals surface area contributed by atoms with Gasteiger partial charge in [0.25, 0.3) is 15.7 Å². The summed E-state index contributed by atoms with van der Waals surface area (Å²) < 4.78 is 25.3. The summed E-state index contributed by atoms with van der Waals surface area (Å²) in [5.74, 6) is 0. The molecule has 8 nitrogen and oxygen atoms in total. The molecule has 1 rings (SSSR count). The van der Waals surface area contributed by atoms with Gasteiger partial charge in [-0.05, 0) is 18.5 Å². The predicted octanol–water partition coefficient (Wildman–Crippen LogP) is 2.56. The zero-order valence-electron chi connectivity index (χ0n) is 8.36. The van der Waals surface area contributed by atoms with Crippen LogP contribution < -0.4 is 0 Å². The van der Waals surface area contributed by atoms with Crippen molar-refractivity contribution in [3.8, 4) is 0 Å². The van der Waals surface area contributed by atoms with E-state index in [4.69, 9.17) is 17.1 Å². The van der Waals surface area contributed by atoms with Crippen LogP contribution in [0.25, 0.3) is 10.4 Å². The molecule has 1 aromatic carbocycles. The van der Waals surface area contributed by atoms with Gasteiger partial charge in [-0.3, -0.25) is 10.1 Å². The van der Waals surface area contributed by atoms with Crippen LogP contribution in [0.4, 0.5) is 5.69 Å². The molecule has 0 radical (unpaired) electrons. The van der Waals surface area contributed by atoms with Crippen LogP contribution in [0.5, 0.6) is 0 Å². The van der Waals surface area contributed by atoms with Gasteiger partial charge in [-0.15, -0.1) is 0 Å². The number of nitro benzene ring substituents is 1. The maximum Gasteiger partial charge on any atom is 0.275 e. The molecule has 0 aromatic heterocycles. The monoisotopic (exact) mass is 276 g/mol. The summed E-state index contributed by atoms with van der Waals surface area (Å²) in [4.78, 5) is 11.5. The minimum atomic E-state index is -4.29. The third kappa shape index (κ3) is 2.64. The molecule has 0 saturated heterocycles. The second kappa shape index (κ2) is 4.58. The van der Waals surface area contributed by atoms with E-state index in [1.807, 2.05) is 0 Å². The smallest absolute Gasteiger partial charge is 0.258 e. The highest BCUT2D eigenvalue weighted by Gasteiger charge is 2.21. The van der Waals surface area contributed by atoms with Gasteiger partial charge in [-0.2, -0.15) is 0 Å². The number of azide groups is 1. The lowest BCUT2D eigenvalue weighted by atomic mass is 10.2. The van der Waals surface area contributed by atoms with Crippen molar-refractivity contribution in [1.29, 1.82) is 0 Å². The molecule has 90 valence electrons. The second-order valence-electron chi connectivity index (χ2n) is 2.95. The lowest BCUT2D eigenvalue weighted by molar-refractivity contribution is -0.385. The number of halogens is 1. The molecule has 0 aliphatic rings. The number of nitro groups is 1. The van der Waals surface area contributed by atoms with E-state index in [0.717, 1.165) is 12.1 Å². The van der Waals surface area contributed by atoms with Crippen molar-refractivity contribution in [1.82, 2.24) is 0 Å². The van der Waals surface area contributed by atoms with Crippen LogP contribution >= 0.6 is 11.6 Å². The Balaban J connectivity index is 3.60. The lowest BCUT2D eigenvalue weighted by Crippen LogP contribution is -1.99. The van der Waals surface area contributed by atoms with Gasteiger partial charge in [0.1, 0.15) is 0 Å². The molecule has 0 saturated carbocycles. The van der Waals surface area contributed by atoms with Gasteiger partial charge in [0.2, 0.25) is 0 Å². The van der Waals surface area contributed by atoms with Crippen molar-refractivity contribution >= 4 is 27.3 Å². The SMILES string of the molecule is Cc1c(Cl)cc(S(=O)(=O)N=[N+]=[N-])cc1[N+](=O)[O-]. The summed E-state index contributed by atoms with van der Waals surface area (Å²) in [6.45, 7) is 1.38. The average Bonchev–Trinajstić information content (AvgIpc) is 2.21. The van der Waals surface area contributed by atoms with Crippen molar-refractivity contribution in [3.63, 3.8) is 0 Å². The van der Waals surface area contributed by atoms with E-state index in [0.29, 0.717) is 0 Å². The summed E-state index contributed by atoms with van der Waals surface area (Å²) in [7, 11) is -4.29. The Bertz CT molecular complexity index is 636. The maximum absolute atomic E-state index is 11.4. The first kappa shape index (κ1) is 13.2. The van der Waals surface area contributed by atoms with Crippen molar-refractivity contribution in [2.75, 3.05) is 0 Å². The van der Waals surface area contributed by atoms with Crippen LogP contribution in [-0.4, -0.2) is 13.3 Å². The van der Waals surface area contributed by atoms with Crippen molar-refractivity contribution < 1.29 is 13.3 Å². The molecule has 1 aromatic rings. The van der Waals surface area contributed by atoms with Gasteiger partial charge in [-0.25, -0.2) is 8.42 Å². The first-order valence-corrected chi connectivity index (χ1v) is 5.87. The molecule has 0 bridgehead atoms. The molecular formula is C7H5ClN4O4S. The molecule has 0 aliphatic carbocycles. The number of rotatable bonds is 3. The average molecular weight is 277 g/mol. The van der Waals surface area contributed by atoms with Gasteiger partial charge in [0.05, 0.1) is 14.8 Å². The number of benzene rings is 1. The largest absolute Gasteiger partial charge is 0.275 e. The summed E-state index contributed by atoms with van der Waals surface area (Å²) in [6, 6.07) is 1.79. The van der Waals surface area contributed by atoms with E-state index in [2.05, 4.69) is 9.43 Å². The Hall–Kier alpha value is -1.83. The molecule has 0 fully saturated rings. The molecule has 0 unspecified atom stereocenters. The van der Waals surface area contributed by atoms with Gasteiger partial charge >= 0.3 is 0 Å². The molecule has 10 heteroatoms. The number of hydrogen-bond acceptors (Lipinski definition) is 4. The van der Waals surface area contributed by atoms with Crippen LogP contribution in [0, 0.1) is 17.0 Å². The van der Waals surface area contributed by atoms with Crippen LogP contribution in [0.2, 0.25) is 5.02 Å². The molecule has 0 atom stereocenters. The van der Waals surface area contributed by atoms with Crippen molar-refractivity contribution in [3.05, 3.63) is 43.3 Å². The highest BCUT2D eigenvalue weighted by atomic mass is 35.5. The fourth-order valence-corrected chi connectivity index (χ4v) is 2.07. The molecule has 0 spiro atoms. The Labute approximate surface area is 101 Å². The van der Waals surface area contributed by atoms with Gasteiger partial charge in [0, 0.05) is 21.1 Å². The van der Waals surface area contributed by atoms with Gasteiger partial charge < -0.3 is 0 Å². The summed E-state index contributed by atoms with van der Waals surface area (Å²) >= 11 is 5.67. The van der Waals surface area contributed by atoms with Crippen molar-refractivity contribution in [2.24, 2.45) is 4.52 Å². The third-order valence-electron chi connectivity index (χ3n) is 1.93. The molecule has 0 N–H and O–H groups in total. The van der Waals surface area contributed by atoms with Gasteiger partial charge in [0.15, 0.2) is 0 Å². The zero-order chi connectivity index (χ0) is 13.2.